The molecular formula is C16H28N2. The Bertz CT molecular complexity index is 286. The lowest BCUT2D eigenvalue weighted by molar-refractivity contribution is -0.0191. The van der Waals surface area contributed by atoms with Gasteiger partial charge in [0.25, 0.3) is 0 Å². The molecular weight excluding hydrogens is 220 g/mol. The highest BCUT2D eigenvalue weighted by Gasteiger charge is 2.48. The van der Waals surface area contributed by atoms with Crippen molar-refractivity contribution in [1.29, 1.82) is 0 Å². The van der Waals surface area contributed by atoms with Crippen molar-refractivity contribution < 1.29 is 0 Å². The summed E-state index contributed by atoms with van der Waals surface area (Å²) in [4.78, 5) is 0. The number of nitrogens with two attached hydrogens (primary N) is 1. The first kappa shape index (κ1) is 11.7. The molecule has 0 heterocycles. The first-order valence-electron chi connectivity index (χ1n) is 8.29. The van der Waals surface area contributed by atoms with Crippen molar-refractivity contribution in [3.05, 3.63) is 0 Å². The van der Waals surface area contributed by atoms with Gasteiger partial charge < -0.3 is 11.1 Å². The zero-order valence-corrected chi connectivity index (χ0v) is 11.5. The monoisotopic (exact) mass is 248 g/mol. The van der Waals surface area contributed by atoms with Crippen LogP contribution in [0, 0.1) is 29.6 Å². The Morgan fingerprint density at radius 1 is 0.889 bits per heavy atom. The van der Waals surface area contributed by atoms with Gasteiger partial charge in [-0.2, -0.15) is 0 Å². The number of nitrogens with one attached hydrogen (secondary N) is 1. The minimum Gasteiger partial charge on any atom is -0.330 e. The maximum atomic E-state index is 5.93. The molecule has 0 aromatic carbocycles. The van der Waals surface area contributed by atoms with Crippen molar-refractivity contribution in [3.8, 4) is 0 Å². The third kappa shape index (κ3) is 1.84. The fourth-order valence-electron chi connectivity index (χ4n) is 5.98. The smallest absolute Gasteiger partial charge is 0.0127 e. The average molecular weight is 248 g/mol. The van der Waals surface area contributed by atoms with E-state index in [9.17, 15) is 0 Å². The predicted octanol–water partition coefficient (Wildman–Crippen LogP) is 2.53. The largest absolute Gasteiger partial charge is 0.330 e. The van der Waals surface area contributed by atoms with E-state index in [1.54, 1.807) is 6.42 Å². The summed E-state index contributed by atoms with van der Waals surface area (Å²) in [6.07, 6.45) is 11.8. The lowest BCUT2D eigenvalue weighted by Crippen LogP contribution is -2.57. The van der Waals surface area contributed by atoms with Crippen molar-refractivity contribution in [2.45, 2.75) is 63.5 Å². The van der Waals surface area contributed by atoms with Crippen molar-refractivity contribution in [1.82, 2.24) is 5.32 Å². The van der Waals surface area contributed by atoms with Crippen LogP contribution in [0.3, 0.4) is 0 Å². The summed E-state index contributed by atoms with van der Waals surface area (Å²) in [5.74, 6) is 4.99. The van der Waals surface area contributed by atoms with Crippen molar-refractivity contribution >= 4 is 0 Å². The van der Waals surface area contributed by atoms with Crippen LogP contribution in [0.5, 0.6) is 0 Å². The molecule has 0 aromatic rings. The summed E-state index contributed by atoms with van der Waals surface area (Å²) in [5, 5.41) is 4.08. The topological polar surface area (TPSA) is 38.0 Å². The lowest BCUT2D eigenvalue weighted by atomic mass is 9.54. The van der Waals surface area contributed by atoms with Crippen LogP contribution in [0.1, 0.15) is 51.4 Å². The predicted molar refractivity (Wildman–Crippen MR) is 74.2 cm³/mol. The highest BCUT2D eigenvalue weighted by Crippen LogP contribution is 2.54. The van der Waals surface area contributed by atoms with Gasteiger partial charge in [-0.15, -0.1) is 0 Å². The van der Waals surface area contributed by atoms with Crippen LogP contribution in [0.25, 0.3) is 0 Å². The molecule has 18 heavy (non-hydrogen) atoms. The van der Waals surface area contributed by atoms with E-state index in [2.05, 4.69) is 5.32 Å². The van der Waals surface area contributed by atoms with E-state index in [4.69, 9.17) is 5.73 Å². The second-order valence-corrected chi connectivity index (χ2v) is 7.66. The van der Waals surface area contributed by atoms with E-state index < -0.39 is 0 Å². The van der Waals surface area contributed by atoms with Crippen molar-refractivity contribution in [2.24, 2.45) is 35.3 Å². The molecule has 2 atom stereocenters. The number of hydrogen-bond donors (Lipinski definition) is 2. The first-order valence-corrected chi connectivity index (χ1v) is 8.29. The molecule has 0 aromatic heterocycles. The fourth-order valence-corrected chi connectivity index (χ4v) is 5.98. The Hall–Kier alpha value is -0.0800. The summed E-state index contributed by atoms with van der Waals surface area (Å²) in [7, 11) is 0. The Labute approximate surface area is 111 Å². The van der Waals surface area contributed by atoms with Crippen LogP contribution in [0.4, 0.5) is 0 Å². The zero-order valence-electron chi connectivity index (χ0n) is 11.5. The average Bonchev–Trinajstić information content (AvgIpc) is 2.80. The van der Waals surface area contributed by atoms with Crippen LogP contribution in [0.15, 0.2) is 0 Å². The molecule has 5 fully saturated rings. The molecule has 0 aliphatic heterocycles. The molecule has 2 heteroatoms. The van der Waals surface area contributed by atoms with Crippen LogP contribution in [0.2, 0.25) is 0 Å². The van der Waals surface area contributed by atoms with Gasteiger partial charge in [0.2, 0.25) is 0 Å². The summed E-state index contributed by atoms with van der Waals surface area (Å²) in [6, 6.07) is 1.60. The van der Waals surface area contributed by atoms with E-state index in [-0.39, 0.29) is 0 Å². The molecule has 5 aliphatic carbocycles. The van der Waals surface area contributed by atoms with Crippen LogP contribution >= 0.6 is 0 Å². The maximum Gasteiger partial charge on any atom is 0.0127 e. The van der Waals surface area contributed by atoms with Gasteiger partial charge >= 0.3 is 0 Å². The summed E-state index contributed by atoms with van der Waals surface area (Å²) >= 11 is 0. The second kappa shape index (κ2) is 4.49. The molecule has 102 valence electrons. The van der Waals surface area contributed by atoms with Gasteiger partial charge in [0.15, 0.2) is 0 Å². The number of rotatable bonds is 3. The van der Waals surface area contributed by atoms with Gasteiger partial charge in [-0.05, 0) is 81.1 Å². The quantitative estimate of drug-likeness (QED) is 0.805. The summed E-state index contributed by atoms with van der Waals surface area (Å²) < 4.78 is 0. The van der Waals surface area contributed by atoms with E-state index >= 15 is 0 Å². The molecule has 0 saturated heterocycles. The Balaban J connectivity index is 1.45. The minimum absolute atomic E-state index is 0.748. The molecule has 5 saturated carbocycles. The Morgan fingerprint density at radius 2 is 1.56 bits per heavy atom. The Morgan fingerprint density at radius 3 is 2.17 bits per heavy atom. The summed E-state index contributed by atoms with van der Waals surface area (Å²) in [5.41, 5.74) is 5.93. The third-order valence-electron chi connectivity index (χ3n) is 6.60. The van der Waals surface area contributed by atoms with Gasteiger partial charge in [-0.1, -0.05) is 6.42 Å². The van der Waals surface area contributed by atoms with E-state index in [0.717, 1.165) is 48.2 Å². The molecule has 4 bridgehead atoms. The van der Waals surface area contributed by atoms with Crippen LogP contribution in [-0.4, -0.2) is 18.6 Å². The molecule has 0 radical (unpaired) electrons. The fraction of sp³-hybridized carbons (Fsp3) is 1.00. The van der Waals surface area contributed by atoms with Crippen molar-refractivity contribution in [2.75, 3.05) is 6.54 Å². The zero-order chi connectivity index (χ0) is 12.1. The molecule has 0 spiro atoms. The standard InChI is InChI=1S/C16H28N2/c17-9-12-2-1-3-15(12)18-16-13-5-10-4-11(7-13)8-14(16)6-10/h10-16,18H,1-9,17H2. The third-order valence-corrected chi connectivity index (χ3v) is 6.60. The molecule has 2 nitrogen and oxygen atoms in total. The molecule has 0 amide bonds. The molecule has 2 unspecified atom stereocenters. The van der Waals surface area contributed by atoms with E-state index in [1.165, 1.54) is 44.9 Å². The highest BCUT2D eigenvalue weighted by atomic mass is 15.0. The maximum absolute atomic E-state index is 5.93. The van der Waals surface area contributed by atoms with E-state index in [0.29, 0.717) is 0 Å². The summed E-state index contributed by atoms with van der Waals surface area (Å²) in [6.45, 7) is 0.894. The van der Waals surface area contributed by atoms with Gasteiger partial charge in [0.1, 0.15) is 0 Å². The number of hydrogen-bond acceptors (Lipinski definition) is 2. The van der Waals surface area contributed by atoms with E-state index in [1.807, 2.05) is 0 Å². The van der Waals surface area contributed by atoms with Crippen LogP contribution < -0.4 is 11.1 Å². The van der Waals surface area contributed by atoms with Gasteiger partial charge in [0.05, 0.1) is 0 Å². The minimum atomic E-state index is 0.748. The van der Waals surface area contributed by atoms with Gasteiger partial charge in [-0.3, -0.25) is 0 Å². The second-order valence-electron chi connectivity index (χ2n) is 7.66. The van der Waals surface area contributed by atoms with Crippen LogP contribution in [-0.2, 0) is 0 Å². The van der Waals surface area contributed by atoms with Gasteiger partial charge in [0, 0.05) is 12.1 Å². The normalized spacial score (nSPS) is 54.2. The van der Waals surface area contributed by atoms with Gasteiger partial charge in [-0.25, -0.2) is 0 Å². The van der Waals surface area contributed by atoms with Crippen molar-refractivity contribution in [3.63, 3.8) is 0 Å². The molecule has 5 rings (SSSR count). The SMILES string of the molecule is NCC1CCCC1NC1C2CC3CC(C2)CC1C3. The first-order chi connectivity index (χ1) is 8.83. The highest BCUT2D eigenvalue weighted by molar-refractivity contribution is 5.03. The molecule has 5 aliphatic rings. The lowest BCUT2D eigenvalue weighted by Gasteiger charge is -2.55. The molecule has 3 N–H and O–H groups in total. The Kier molecular flexibility index (Phi) is 2.92.